The van der Waals surface area contributed by atoms with Gasteiger partial charge in [0, 0.05) is 13.1 Å². The minimum absolute atomic E-state index is 0.339. The predicted molar refractivity (Wildman–Crippen MR) is 79.6 cm³/mol. The minimum atomic E-state index is -3.42. The third kappa shape index (κ3) is 4.33. The molecule has 1 aromatic rings. The number of nitrogens with zero attached hydrogens (tertiary/aromatic N) is 1. The molecule has 1 rings (SSSR count). The molecule has 0 aliphatic carbocycles. The van der Waals surface area contributed by atoms with Crippen LogP contribution in [0.15, 0.2) is 54.5 Å². The largest absolute Gasteiger partial charge is 0.243 e. The van der Waals surface area contributed by atoms with Gasteiger partial charge >= 0.3 is 0 Å². The van der Waals surface area contributed by atoms with Crippen molar-refractivity contribution in [3.8, 4) is 0 Å². The van der Waals surface area contributed by atoms with Gasteiger partial charge < -0.3 is 0 Å². The number of benzene rings is 1. The van der Waals surface area contributed by atoms with Crippen LogP contribution in [0.2, 0.25) is 0 Å². The zero-order chi connectivity index (χ0) is 14.3. The summed E-state index contributed by atoms with van der Waals surface area (Å²) in [5.41, 5.74) is 1.04. The summed E-state index contributed by atoms with van der Waals surface area (Å²) in [6, 6.07) is 6.93. The van der Waals surface area contributed by atoms with E-state index in [1.807, 2.05) is 19.1 Å². The Morgan fingerprint density at radius 1 is 1.05 bits per heavy atom. The van der Waals surface area contributed by atoms with Gasteiger partial charge in [-0.2, -0.15) is 4.31 Å². The van der Waals surface area contributed by atoms with Crippen molar-refractivity contribution in [3.63, 3.8) is 0 Å². The summed E-state index contributed by atoms with van der Waals surface area (Å²) < 4.78 is 26.5. The van der Waals surface area contributed by atoms with Gasteiger partial charge in [-0.25, -0.2) is 8.42 Å². The topological polar surface area (TPSA) is 37.4 Å². The van der Waals surface area contributed by atoms with E-state index >= 15 is 0 Å². The molecule has 19 heavy (non-hydrogen) atoms. The molecule has 0 atom stereocenters. The van der Waals surface area contributed by atoms with Crippen LogP contribution < -0.4 is 0 Å². The molecule has 3 nitrogen and oxygen atoms in total. The van der Waals surface area contributed by atoms with E-state index in [2.05, 4.69) is 13.2 Å². The van der Waals surface area contributed by atoms with Crippen molar-refractivity contribution in [2.24, 2.45) is 0 Å². The number of hydrogen-bond donors (Lipinski definition) is 0. The third-order valence-electron chi connectivity index (χ3n) is 2.82. The number of hydrogen-bond acceptors (Lipinski definition) is 2. The number of sulfonamides is 1. The molecule has 0 radical (unpaired) electrons. The van der Waals surface area contributed by atoms with E-state index in [1.165, 1.54) is 4.31 Å². The molecule has 1 aromatic carbocycles. The molecule has 0 amide bonds. The zero-order valence-corrected chi connectivity index (χ0v) is 12.2. The van der Waals surface area contributed by atoms with Crippen LogP contribution in [0.25, 0.3) is 0 Å². The summed E-state index contributed by atoms with van der Waals surface area (Å²) in [7, 11) is -3.42. The van der Waals surface area contributed by atoms with Gasteiger partial charge in [0.15, 0.2) is 0 Å². The first-order valence-electron chi connectivity index (χ1n) is 6.31. The first kappa shape index (κ1) is 15.7. The fourth-order valence-corrected chi connectivity index (χ4v) is 3.15. The van der Waals surface area contributed by atoms with Crippen molar-refractivity contribution in [1.82, 2.24) is 4.31 Å². The van der Waals surface area contributed by atoms with Crippen LogP contribution in [0.1, 0.15) is 18.4 Å². The Kier molecular flexibility index (Phi) is 5.99. The van der Waals surface area contributed by atoms with Gasteiger partial charge in [0.05, 0.1) is 4.90 Å². The summed E-state index contributed by atoms with van der Waals surface area (Å²) in [6.45, 7) is 10.1. The van der Waals surface area contributed by atoms with Crippen LogP contribution in [0.3, 0.4) is 0 Å². The molecule has 0 aliphatic heterocycles. The van der Waals surface area contributed by atoms with Crippen LogP contribution in [0, 0.1) is 6.92 Å². The highest BCUT2D eigenvalue weighted by Gasteiger charge is 2.22. The van der Waals surface area contributed by atoms with Crippen LogP contribution in [-0.2, 0) is 10.0 Å². The highest BCUT2D eigenvalue weighted by molar-refractivity contribution is 7.89. The van der Waals surface area contributed by atoms with Crippen LogP contribution in [0.5, 0.6) is 0 Å². The lowest BCUT2D eigenvalue weighted by atomic mass is 10.2. The Morgan fingerprint density at radius 3 is 1.95 bits per heavy atom. The van der Waals surface area contributed by atoms with Gasteiger partial charge in [0.2, 0.25) is 10.0 Å². The molecular weight excluding hydrogens is 258 g/mol. The Bertz CT molecular complexity index is 506. The summed E-state index contributed by atoms with van der Waals surface area (Å²) in [5, 5.41) is 0. The van der Waals surface area contributed by atoms with Gasteiger partial charge in [0.25, 0.3) is 0 Å². The second-order valence-electron chi connectivity index (χ2n) is 4.37. The van der Waals surface area contributed by atoms with Crippen molar-refractivity contribution >= 4 is 10.0 Å². The Hall–Kier alpha value is -1.39. The van der Waals surface area contributed by atoms with Crippen LogP contribution >= 0.6 is 0 Å². The van der Waals surface area contributed by atoms with Crippen molar-refractivity contribution in [3.05, 3.63) is 55.1 Å². The fraction of sp³-hybridized carbons (Fsp3) is 0.333. The molecule has 0 saturated heterocycles. The maximum absolute atomic E-state index is 12.5. The van der Waals surface area contributed by atoms with E-state index in [4.69, 9.17) is 0 Å². The molecule has 104 valence electrons. The standard InChI is InChI=1S/C15H21NO2S/c1-4-6-12-16(13-7-5-2)19(17,18)15-10-8-14(3)9-11-15/h4-5,8-11H,1-2,6-7,12-13H2,3H3. The lowest BCUT2D eigenvalue weighted by Gasteiger charge is -2.21. The van der Waals surface area contributed by atoms with E-state index in [0.717, 1.165) is 5.56 Å². The van der Waals surface area contributed by atoms with E-state index in [-0.39, 0.29) is 0 Å². The smallest absolute Gasteiger partial charge is 0.207 e. The normalized spacial score (nSPS) is 11.5. The Labute approximate surface area is 116 Å². The van der Waals surface area contributed by atoms with Gasteiger partial charge in [0.1, 0.15) is 0 Å². The van der Waals surface area contributed by atoms with E-state index in [0.29, 0.717) is 30.8 Å². The molecule has 0 heterocycles. The first-order chi connectivity index (χ1) is 9.02. The van der Waals surface area contributed by atoms with Gasteiger partial charge in [-0.3, -0.25) is 0 Å². The molecule has 0 fully saturated rings. The molecule has 4 heteroatoms. The minimum Gasteiger partial charge on any atom is -0.207 e. The van der Waals surface area contributed by atoms with Crippen molar-refractivity contribution in [1.29, 1.82) is 0 Å². The number of rotatable bonds is 8. The summed E-state index contributed by atoms with van der Waals surface area (Å²) >= 11 is 0. The summed E-state index contributed by atoms with van der Waals surface area (Å²) in [5.74, 6) is 0. The molecule has 0 saturated carbocycles. The van der Waals surface area contributed by atoms with Crippen molar-refractivity contribution in [2.45, 2.75) is 24.7 Å². The molecule has 0 bridgehead atoms. The second-order valence-corrected chi connectivity index (χ2v) is 6.31. The lowest BCUT2D eigenvalue weighted by Crippen LogP contribution is -2.32. The summed E-state index contributed by atoms with van der Waals surface area (Å²) in [6.07, 6.45) is 4.74. The first-order valence-corrected chi connectivity index (χ1v) is 7.75. The highest BCUT2D eigenvalue weighted by Crippen LogP contribution is 2.17. The molecule has 0 unspecified atom stereocenters. The molecular formula is C15H21NO2S. The molecule has 0 spiro atoms. The van der Waals surface area contributed by atoms with E-state index < -0.39 is 10.0 Å². The number of aryl methyl sites for hydroxylation is 1. The molecule has 0 N–H and O–H groups in total. The zero-order valence-electron chi connectivity index (χ0n) is 11.4. The van der Waals surface area contributed by atoms with Crippen molar-refractivity contribution in [2.75, 3.05) is 13.1 Å². The second kappa shape index (κ2) is 7.26. The Balaban J connectivity index is 2.99. The van der Waals surface area contributed by atoms with Crippen LogP contribution in [-0.4, -0.2) is 25.8 Å². The average molecular weight is 279 g/mol. The maximum atomic E-state index is 12.5. The SMILES string of the molecule is C=CCCN(CCC=C)S(=O)(=O)c1ccc(C)cc1. The third-order valence-corrected chi connectivity index (χ3v) is 4.74. The maximum Gasteiger partial charge on any atom is 0.243 e. The lowest BCUT2D eigenvalue weighted by molar-refractivity contribution is 0.422. The highest BCUT2D eigenvalue weighted by atomic mass is 32.2. The van der Waals surface area contributed by atoms with Crippen LogP contribution in [0.4, 0.5) is 0 Å². The van der Waals surface area contributed by atoms with Gasteiger partial charge in [-0.15, -0.1) is 13.2 Å². The quantitative estimate of drug-likeness (QED) is 0.686. The average Bonchev–Trinajstić information content (AvgIpc) is 2.39. The fourth-order valence-electron chi connectivity index (χ4n) is 1.68. The van der Waals surface area contributed by atoms with Gasteiger partial charge in [-0.05, 0) is 31.9 Å². The van der Waals surface area contributed by atoms with Gasteiger partial charge in [-0.1, -0.05) is 29.8 Å². The summed E-state index contributed by atoms with van der Waals surface area (Å²) in [4.78, 5) is 0.339. The Morgan fingerprint density at radius 2 is 1.53 bits per heavy atom. The monoisotopic (exact) mass is 279 g/mol. The molecule has 0 aromatic heterocycles. The van der Waals surface area contributed by atoms with E-state index in [9.17, 15) is 8.42 Å². The van der Waals surface area contributed by atoms with Crippen molar-refractivity contribution < 1.29 is 8.42 Å². The molecule has 0 aliphatic rings. The van der Waals surface area contributed by atoms with E-state index in [1.54, 1.807) is 24.3 Å². The predicted octanol–water partition coefficient (Wildman–Crippen LogP) is 3.14.